The van der Waals surface area contributed by atoms with Crippen LogP contribution < -0.4 is 10.2 Å². The van der Waals surface area contributed by atoms with Crippen LogP contribution in [0.5, 0.6) is 0 Å². The van der Waals surface area contributed by atoms with Crippen molar-refractivity contribution in [3.05, 3.63) is 29.8 Å². The second-order valence-corrected chi connectivity index (χ2v) is 5.39. The zero-order valence-corrected chi connectivity index (χ0v) is 13.1. The summed E-state index contributed by atoms with van der Waals surface area (Å²) >= 11 is 0. The summed E-state index contributed by atoms with van der Waals surface area (Å²) in [5.74, 6) is 0. The highest BCUT2D eigenvalue weighted by molar-refractivity contribution is 5.48. The van der Waals surface area contributed by atoms with Crippen LogP contribution in [0.25, 0.3) is 0 Å². The van der Waals surface area contributed by atoms with Crippen molar-refractivity contribution in [1.29, 1.82) is 0 Å². The Morgan fingerprint density at radius 1 is 1.05 bits per heavy atom. The Labute approximate surface area is 118 Å². The molecule has 1 atom stereocenters. The van der Waals surface area contributed by atoms with Gasteiger partial charge in [0.05, 0.1) is 0 Å². The highest BCUT2D eigenvalue weighted by atomic mass is 15.2. The molecule has 0 fully saturated rings. The van der Waals surface area contributed by atoms with Crippen molar-refractivity contribution in [2.45, 2.75) is 26.3 Å². The molecular weight excluding hydrogens is 234 g/mol. The Hall–Kier alpha value is -1.06. The van der Waals surface area contributed by atoms with Gasteiger partial charge >= 0.3 is 0 Å². The molecule has 0 heterocycles. The van der Waals surface area contributed by atoms with E-state index in [2.05, 4.69) is 67.3 Å². The molecule has 1 unspecified atom stereocenters. The summed E-state index contributed by atoms with van der Waals surface area (Å²) in [6.45, 7) is 7.72. The van der Waals surface area contributed by atoms with E-state index in [0.29, 0.717) is 6.04 Å². The minimum absolute atomic E-state index is 0.412. The van der Waals surface area contributed by atoms with Crippen LogP contribution in [0.1, 0.15) is 31.9 Å². The Balaban J connectivity index is 2.73. The Morgan fingerprint density at radius 2 is 1.68 bits per heavy atom. The van der Waals surface area contributed by atoms with Gasteiger partial charge in [0.15, 0.2) is 0 Å². The Kier molecular flexibility index (Phi) is 6.89. The molecule has 0 aliphatic heterocycles. The van der Waals surface area contributed by atoms with Crippen molar-refractivity contribution in [1.82, 2.24) is 10.2 Å². The van der Waals surface area contributed by atoms with Crippen LogP contribution in [0.2, 0.25) is 0 Å². The van der Waals surface area contributed by atoms with Gasteiger partial charge in [-0.05, 0) is 52.2 Å². The second-order valence-electron chi connectivity index (χ2n) is 5.39. The van der Waals surface area contributed by atoms with E-state index in [0.717, 1.165) is 19.6 Å². The molecule has 3 heteroatoms. The summed E-state index contributed by atoms with van der Waals surface area (Å²) < 4.78 is 0. The summed E-state index contributed by atoms with van der Waals surface area (Å²) in [6.07, 6.45) is 1.18. The van der Waals surface area contributed by atoms with E-state index in [4.69, 9.17) is 0 Å². The lowest BCUT2D eigenvalue weighted by Gasteiger charge is -2.26. The van der Waals surface area contributed by atoms with E-state index >= 15 is 0 Å². The third kappa shape index (κ3) is 5.21. The van der Waals surface area contributed by atoms with Crippen molar-refractivity contribution in [3.63, 3.8) is 0 Å². The molecule has 1 aromatic carbocycles. The summed E-state index contributed by atoms with van der Waals surface area (Å²) in [7, 11) is 6.25. The van der Waals surface area contributed by atoms with Crippen LogP contribution in [0.3, 0.4) is 0 Å². The van der Waals surface area contributed by atoms with E-state index in [9.17, 15) is 0 Å². The van der Waals surface area contributed by atoms with Gasteiger partial charge in [0, 0.05) is 31.4 Å². The van der Waals surface area contributed by atoms with E-state index < -0.39 is 0 Å². The molecule has 3 nitrogen and oxygen atoms in total. The second kappa shape index (κ2) is 8.18. The van der Waals surface area contributed by atoms with Gasteiger partial charge in [-0.1, -0.05) is 19.1 Å². The number of likely N-dealkylation sites (N-methyl/N-ethyl adjacent to an activating group) is 1. The van der Waals surface area contributed by atoms with Gasteiger partial charge in [0.2, 0.25) is 0 Å². The van der Waals surface area contributed by atoms with Crippen molar-refractivity contribution in [2.75, 3.05) is 45.7 Å². The zero-order chi connectivity index (χ0) is 14.3. The molecule has 19 heavy (non-hydrogen) atoms. The average Bonchev–Trinajstić information content (AvgIpc) is 2.42. The molecule has 108 valence electrons. The van der Waals surface area contributed by atoms with Crippen LogP contribution in [-0.2, 0) is 0 Å². The van der Waals surface area contributed by atoms with Crippen LogP contribution in [0.15, 0.2) is 24.3 Å². The summed E-state index contributed by atoms with van der Waals surface area (Å²) in [6, 6.07) is 9.36. The predicted molar refractivity (Wildman–Crippen MR) is 85.0 cm³/mol. The van der Waals surface area contributed by atoms with E-state index in [-0.39, 0.29) is 0 Å². The normalized spacial score (nSPS) is 12.7. The third-order valence-electron chi connectivity index (χ3n) is 3.50. The summed E-state index contributed by atoms with van der Waals surface area (Å²) in [4.78, 5) is 4.70. The first-order valence-electron chi connectivity index (χ1n) is 7.25. The smallest absolute Gasteiger partial charge is 0.0366 e. The number of hydrogen-bond donors (Lipinski definition) is 1. The molecule has 0 spiro atoms. The molecule has 0 saturated carbocycles. The summed E-state index contributed by atoms with van der Waals surface area (Å²) in [5.41, 5.74) is 2.67. The maximum atomic E-state index is 3.27. The predicted octanol–water partition coefficient (Wildman–Crippen LogP) is 2.75. The fourth-order valence-electron chi connectivity index (χ4n) is 2.10. The highest BCUT2D eigenvalue weighted by Crippen LogP contribution is 2.19. The lowest BCUT2D eigenvalue weighted by atomic mass is 10.1. The SMILES string of the molecule is CCCN(CCN(C)C)c1ccc(C(C)NC)cc1. The first-order valence-corrected chi connectivity index (χ1v) is 7.25. The van der Waals surface area contributed by atoms with Crippen molar-refractivity contribution >= 4 is 5.69 Å². The lowest BCUT2D eigenvalue weighted by molar-refractivity contribution is 0.413. The highest BCUT2D eigenvalue weighted by Gasteiger charge is 2.07. The van der Waals surface area contributed by atoms with Gasteiger partial charge in [-0.2, -0.15) is 0 Å². The van der Waals surface area contributed by atoms with Crippen molar-refractivity contribution in [2.24, 2.45) is 0 Å². The summed E-state index contributed by atoms with van der Waals surface area (Å²) in [5, 5.41) is 3.27. The third-order valence-corrected chi connectivity index (χ3v) is 3.50. The molecule has 0 amide bonds. The van der Waals surface area contributed by atoms with Crippen LogP contribution >= 0.6 is 0 Å². The molecule has 1 aromatic rings. The van der Waals surface area contributed by atoms with Gasteiger partial charge in [-0.3, -0.25) is 0 Å². The van der Waals surface area contributed by atoms with Gasteiger partial charge in [-0.15, -0.1) is 0 Å². The molecule has 0 bridgehead atoms. The topological polar surface area (TPSA) is 18.5 Å². The fraction of sp³-hybridized carbons (Fsp3) is 0.625. The standard InChI is InChI=1S/C16H29N3/c1-6-11-19(13-12-18(4)5)16-9-7-15(8-10-16)14(2)17-3/h7-10,14,17H,6,11-13H2,1-5H3. The van der Waals surface area contributed by atoms with Crippen molar-refractivity contribution < 1.29 is 0 Å². The van der Waals surface area contributed by atoms with Crippen LogP contribution in [0, 0.1) is 0 Å². The van der Waals surface area contributed by atoms with Gasteiger partial charge in [-0.25, -0.2) is 0 Å². The monoisotopic (exact) mass is 263 g/mol. The minimum Gasteiger partial charge on any atom is -0.370 e. The van der Waals surface area contributed by atoms with E-state index in [1.807, 2.05) is 7.05 Å². The Morgan fingerprint density at radius 3 is 2.16 bits per heavy atom. The minimum atomic E-state index is 0.412. The molecule has 0 aliphatic carbocycles. The number of benzene rings is 1. The molecule has 0 aliphatic rings. The first kappa shape index (κ1) is 16.0. The number of anilines is 1. The van der Waals surface area contributed by atoms with Gasteiger partial charge < -0.3 is 15.1 Å². The zero-order valence-electron chi connectivity index (χ0n) is 13.1. The molecule has 1 rings (SSSR count). The molecule has 0 aromatic heterocycles. The number of nitrogens with one attached hydrogen (secondary N) is 1. The number of hydrogen-bond acceptors (Lipinski definition) is 3. The molecule has 0 radical (unpaired) electrons. The molecular formula is C16H29N3. The van der Waals surface area contributed by atoms with Gasteiger partial charge in [0.25, 0.3) is 0 Å². The quantitative estimate of drug-likeness (QED) is 0.778. The van der Waals surface area contributed by atoms with Gasteiger partial charge in [0.1, 0.15) is 0 Å². The average molecular weight is 263 g/mol. The molecule has 0 saturated heterocycles. The fourth-order valence-corrected chi connectivity index (χ4v) is 2.10. The number of nitrogens with zero attached hydrogens (tertiary/aromatic N) is 2. The molecule has 1 N–H and O–H groups in total. The van der Waals surface area contributed by atoms with E-state index in [1.165, 1.54) is 17.7 Å². The first-order chi connectivity index (χ1) is 9.08. The van der Waals surface area contributed by atoms with E-state index in [1.54, 1.807) is 0 Å². The number of rotatable bonds is 8. The maximum absolute atomic E-state index is 3.27. The maximum Gasteiger partial charge on any atom is 0.0366 e. The van der Waals surface area contributed by atoms with Crippen LogP contribution in [-0.4, -0.2) is 45.7 Å². The lowest BCUT2D eigenvalue weighted by Crippen LogP contribution is -2.32. The van der Waals surface area contributed by atoms with Crippen molar-refractivity contribution in [3.8, 4) is 0 Å². The Bertz CT molecular complexity index is 346. The van der Waals surface area contributed by atoms with Crippen LogP contribution in [0.4, 0.5) is 5.69 Å². The largest absolute Gasteiger partial charge is 0.370 e.